The van der Waals surface area contributed by atoms with E-state index in [0.29, 0.717) is 0 Å². The Morgan fingerprint density at radius 2 is 1.36 bits per heavy atom. The minimum Gasteiger partial charge on any atom is -0.497 e. The maximum absolute atomic E-state index is 5.69. The second-order valence-electron chi connectivity index (χ2n) is 10.8. The highest BCUT2D eigenvalue weighted by Gasteiger charge is 2.47. The molecular formula is C25H40OSi2. The van der Waals surface area contributed by atoms with Crippen LogP contribution in [0, 0.1) is 0 Å². The fraction of sp³-hybridized carbons (Fsp3) is 0.600. The minimum absolute atomic E-state index is 0.748. The van der Waals surface area contributed by atoms with Gasteiger partial charge in [0.1, 0.15) is 5.75 Å². The summed E-state index contributed by atoms with van der Waals surface area (Å²) in [6.07, 6.45) is 2.38. The molecule has 3 rings (SSSR count). The van der Waals surface area contributed by atoms with Crippen LogP contribution in [0.4, 0.5) is 0 Å². The molecule has 0 aromatic heterocycles. The molecule has 0 amide bonds. The fourth-order valence-electron chi connectivity index (χ4n) is 6.46. The van der Waals surface area contributed by atoms with Gasteiger partial charge < -0.3 is 4.74 Å². The first-order valence-electron chi connectivity index (χ1n) is 11.1. The van der Waals surface area contributed by atoms with Gasteiger partial charge in [-0.25, -0.2) is 0 Å². The summed E-state index contributed by atoms with van der Waals surface area (Å²) in [5.41, 5.74) is 5.45. The van der Waals surface area contributed by atoms with Crippen molar-refractivity contribution in [3.63, 3.8) is 0 Å². The van der Waals surface area contributed by atoms with Crippen LogP contribution < -0.4 is 15.1 Å². The average Bonchev–Trinajstić information content (AvgIpc) is 2.99. The van der Waals surface area contributed by atoms with Gasteiger partial charge in [-0.05, 0) is 63.5 Å². The van der Waals surface area contributed by atoms with Crippen LogP contribution in [0.25, 0.3) is 10.8 Å². The molecular weight excluding hydrogens is 372 g/mol. The molecule has 2 aromatic rings. The highest BCUT2D eigenvalue weighted by molar-refractivity contribution is 6.97. The van der Waals surface area contributed by atoms with E-state index < -0.39 is 16.1 Å². The lowest BCUT2D eigenvalue weighted by molar-refractivity contribution is 0.415. The Hall–Kier alpha value is -1.07. The van der Waals surface area contributed by atoms with Crippen molar-refractivity contribution in [2.45, 2.75) is 90.6 Å². The highest BCUT2D eigenvalue weighted by Crippen LogP contribution is 2.44. The summed E-state index contributed by atoms with van der Waals surface area (Å²) in [5, 5.41) is 6.52. The van der Waals surface area contributed by atoms with Crippen molar-refractivity contribution in [2.75, 3.05) is 7.11 Å². The van der Waals surface area contributed by atoms with Crippen LogP contribution in [-0.4, -0.2) is 23.3 Å². The lowest BCUT2D eigenvalue weighted by Gasteiger charge is -2.45. The molecule has 0 unspecified atom stereocenters. The zero-order valence-corrected chi connectivity index (χ0v) is 21.8. The summed E-state index contributed by atoms with van der Waals surface area (Å²) in [5.74, 6) is 1.03. The molecule has 0 bridgehead atoms. The van der Waals surface area contributed by atoms with Crippen molar-refractivity contribution in [3.8, 4) is 5.75 Å². The third-order valence-electron chi connectivity index (χ3n) is 7.42. The maximum Gasteiger partial charge on any atom is 0.119 e. The van der Waals surface area contributed by atoms with Crippen LogP contribution in [0.3, 0.4) is 0 Å². The molecule has 3 heteroatoms. The molecule has 0 heterocycles. The van der Waals surface area contributed by atoms with E-state index in [9.17, 15) is 0 Å². The molecule has 28 heavy (non-hydrogen) atoms. The topological polar surface area (TPSA) is 9.23 Å². The standard InChI is InChI=1S/C25H40OSi2/c1-16(2)28(17(3)4,18(5)6)24-15-23(27(8,9)10)22-14-20(26-7)13-19-11-12-21(24)25(19)22/h13-18H,11-12H2,1-10H3. The Kier molecular flexibility index (Phi) is 5.66. The zero-order chi connectivity index (χ0) is 21.0. The third kappa shape index (κ3) is 3.09. The minimum atomic E-state index is -1.69. The van der Waals surface area contributed by atoms with Gasteiger partial charge in [-0.2, -0.15) is 0 Å². The van der Waals surface area contributed by atoms with Gasteiger partial charge in [0.25, 0.3) is 0 Å². The Balaban J connectivity index is 2.51. The van der Waals surface area contributed by atoms with E-state index >= 15 is 0 Å². The van der Waals surface area contributed by atoms with Crippen LogP contribution in [0.15, 0.2) is 18.2 Å². The van der Waals surface area contributed by atoms with Crippen molar-refractivity contribution >= 4 is 37.3 Å². The van der Waals surface area contributed by atoms with Crippen LogP contribution in [0.5, 0.6) is 5.75 Å². The normalized spacial score (nSPS) is 14.8. The van der Waals surface area contributed by atoms with E-state index in [1.165, 1.54) is 23.8 Å². The quantitative estimate of drug-likeness (QED) is 0.500. The smallest absolute Gasteiger partial charge is 0.119 e. The van der Waals surface area contributed by atoms with Gasteiger partial charge in [0, 0.05) is 0 Å². The molecule has 1 aliphatic rings. The first-order chi connectivity index (χ1) is 13.0. The summed E-state index contributed by atoms with van der Waals surface area (Å²) < 4.78 is 5.69. The lowest BCUT2D eigenvalue weighted by atomic mass is 10.0. The van der Waals surface area contributed by atoms with Crippen molar-refractivity contribution in [3.05, 3.63) is 29.3 Å². The number of methoxy groups -OCH3 is 1. The SMILES string of the molecule is COc1cc2c3c(c([Si](C(C)C)(C(C)C)C(C)C)cc([Si](C)(C)C)c3c1)CC2. The van der Waals surface area contributed by atoms with Gasteiger partial charge in [0.15, 0.2) is 0 Å². The summed E-state index contributed by atoms with van der Waals surface area (Å²) in [4.78, 5) is 0. The van der Waals surface area contributed by atoms with Crippen molar-refractivity contribution in [2.24, 2.45) is 0 Å². The first-order valence-corrected chi connectivity index (χ1v) is 16.9. The van der Waals surface area contributed by atoms with Crippen molar-refractivity contribution < 1.29 is 4.74 Å². The second-order valence-corrected chi connectivity index (χ2v) is 21.7. The Morgan fingerprint density at radius 3 is 1.82 bits per heavy atom. The van der Waals surface area contributed by atoms with E-state index in [0.717, 1.165) is 22.4 Å². The maximum atomic E-state index is 5.69. The van der Waals surface area contributed by atoms with Crippen LogP contribution in [-0.2, 0) is 12.8 Å². The molecule has 0 spiro atoms. The van der Waals surface area contributed by atoms with Gasteiger partial charge >= 0.3 is 0 Å². The summed E-state index contributed by atoms with van der Waals surface area (Å²) in [6, 6.07) is 7.35. The second kappa shape index (κ2) is 7.32. The number of ether oxygens (including phenoxy) is 1. The monoisotopic (exact) mass is 412 g/mol. The summed E-state index contributed by atoms with van der Waals surface area (Å²) in [7, 11) is -1.39. The van der Waals surface area contributed by atoms with Crippen molar-refractivity contribution in [1.29, 1.82) is 0 Å². The van der Waals surface area contributed by atoms with Gasteiger partial charge in [-0.15, -0.1) is 0 Å². The van der Waals surface area contributed by atoms with Crippen LogP contribution in [0.1, 0.15) is 52.7 Å². The summed E-state index contributed by atoms with van der Waals surface area (Å²) in [6.45, 7) is 22.5. The van der Waals surface area contributed by atoms with Gasteiger partial charge in [0.2, 0.25) is 0 Å². The fourth-order valence-corrected chi connectivity index (χ4v) is 15.2. The molecule has 1 nitrogen and oxygen atoms in total. The summed E-state index contributed by atoms with van der Waals surface area (Å²) >= 11 is 0. The van der Waals surface area contributed by atoms with E-state index in [1.807, 2.05) is 0 Å². The number of hydrogen-bond acceptors (Lipinski definition) is 1. The molecule has 154 valence electrons. The number of benzene rings is 2. The van der Waals surface area contributed by atoms with Crippen LogP contribution >= 0.6 is 0 Å². The largest absolute Gasteiger partial charge is 0.497 e. The molecule has 0 fully saturated rings. The molecule has 0 atom stereocenters. The number of rotatable bonds is 6. The first kappa shape index (κ1) is 21.6. The predicted molar refractivity (Wildman–Crippen MR) is 132 cm³/mol. The Labute approximate surface area is 174 Å². The van der Waals surface area contributed by atoms with E-state index in [-0.39, 0.29) is 0 Å². The van der Waals surface area contributed by atoms with Gasteiger partial charge in [0.05, 0.1) is 23.3 Å². The molecule has 0 N–H and O–H groups in total. The molecule has 0 saturated carbocycles. The predicted octanol–water partition coefficient (Wildman–Crippen LogP) is 6.38. The zero-order valence-electron chi connectivity index (χ0n) is 19.8. The molecule has 0 saturated heterocycles. The number of aryl methyl sites for hydroxylation is 2. The van der Waals surface area contributed by atoms with E-state index in [2.05, 4.69) is 79.4 Å². The van der Waals surface area contributed by atoms with E-state index in [1.54, 1.807) is 28.4 Å². The third-order valence-corrected chi connectivity index (χ3v) is 16.6. The highest BCUT2D eigenvalue weighted by atomic mass is 28.3. The molecule has 2 aromatic carbocycles. The number of hydrogen-bond donors (Lipinski definition) is 0. The lowest BCUT2D eigenvalue weighted by Crippen LogP contribution is -2.58. The Morgan fingerprint density at radius 1 is 0.786 bits per heavy atom. The van der Waals surface area contributed by atoms with Gasteiger partial charge in [-0.1, -0.05) is 77.6 Å². The van der Waals surface area contributed by atoms with Gasteiger partial charge in [-0.3, -0.25) is 0 Å². The van der Waals surface area contributed by atoms with E-state index in [4.69, 9.17) is 4.74 Å². The molecule has 0 aliphatic heterocycles. The Bertz CT molecular complexity index is 866. The molecule has 0 radical (unpaired) electrons. The van der Waals surface area contributed by atoms with Crippen molar-refractivity contribution in [1.82, 2.24) is 0 Å². The average molecular weight is 413 g/mol. The van der Waals surface area contributed by atoms with Crippen LogP contribution in [0.2, 0.25) is 36.3 Å². The molecule has 1 aliphatic carbocycles.